The molecule has 19 heavy (non-hydrogen) atoms. The van der Waals surface area contributed by atoms with E-state index in [4.69, 9.17) is 0 Å². The minimum absolute atomic E-state index is 0.240. The van der Waals surface area contributed by atoms with E-state index in [0.29, 0.717) is 12.6 Å². The second-order valence-electron chi connectivity index (χ2n) is 5.89. The summed E-state index contributed by atoms with van der Waals surface area (Å²) in [5.74, 6) is 0. The molecule has 0 bridgehead atoms. The van der Waals surface area contributed by atoms with Crippen molar-refractivity contribution in [2.24, 2.45) is 0 Å². The highest BCUT2D eigenvalue weighted by atomic mass is 19.1. The predicted molar refractivity (Wildman–Crippen MR) is 81.4 cm³/mol. The van der Waals surface area contributed by atoms with Gasteiger partial charge in [-0.25, -0.2) is 4.39 Å². The Morgan fingerprint density at radius 1 is 1.11 bits per heavy atom. The van der Waals surface area contributed by atoms with Crippen LogP contribution < -0.4 is 5.32 Å². The van der Waals surface area contributed by atoms with Gasteiger partial charge < -0.3 is 10.2 Å². The summed E-state index contributed by atoms with van der Waals surface area (Å²) < 4.78 is 12.2. The third-order valence-electron chi connectivity index (χ3n) is 4.36. The van der Waals surface area contributed by atoms with Crippen molar-refractivity contribution in [3.05, 3.63) is 0 Å². The highest BCUT2D eigenvalue weighted by molar-refractivity contribution is 4.81. The van der Waals surface area contributed by atoms with E-state index >= 15 is 0 Å². The Morgan fingerprint density at radius 2 is 1.68 bits per heavy atom. The number of hydrogen-bond donors (Lipinski definition) is 1. The lowest BCUT2D eigenvalue weighted by molar-refractivity contribution is 0.126. The minimum Gasteiger partial charge on any atom is -0.311 e. The second-order valence-corrected chi connectivity index (χ2v) is 5.89. The van der Waals surface area contributed by atoms with Gasteiger partial charge in [-0.3, -0.25) is 0 Å². The van der Waals surface area contributed by atoms with Gasteiger partial charge in [-0.05, 0) is 38.8 Å². The third kappa shape index (κ3) is 6.71. The number of alkyl halides is 1. The van der Waals surface area contributed by atoms with Crippen LogP contribution in [0, 0.1) is 0 Å². The largest absolute Gasteiger partial charge is 0.311 e. The van der Waals surface area contributed by atoms with Crippen LogP contribution in [0.4, 0.5) is 4.39 Å². The Morgan fingerprint density at radius 3 is 2.16 bits per heavy atom. The first kappa shape index (κ1) is 16.9. The molecule has 0 aromatic carbocycles. The summed E-state index contributed by atoms with van der Waals surface area (Å²) in [6.07, 6.45) is 10.4. The minimum atomic E-state index is -0.240. The maximum Gasteiger partial charge on any atom is 0.102 e. The average Bonchev–Trinajstić information content (AvgIpc) is 2.46. The molecule has 1 fully saturated rings. The normalized spacial score (nSPS) is 18.3. The summed E-state index contributed by atoms with van der Waals surface area (Å²) in [5.41, 5.74) is 0. The Bertz CT molecular complexity index is 195. The molecular formula is C16H33FN2. The zero-order chi connectivity index (χ0) is 13.9. The van der Waals surface area contributed by atoms with E-state index < -0.39 is 0 Å². The molecule has 1 heterocycles. The molecule has 0 spiro atoms. The first-order chi connectivity index (χ1) is 9.31. The van der Waals surface area contributed by atoms with Gasteiger partial charge in [0.15, 0.2) is 0 Å². The lowest BCUT2D eigenvalue weighted by Crippen LogP contribution is -2.47. The molecule has 114 valence electrons. The first-order valence-electron chi connectivity index (χ1n) is 8.35. The van der Waals surface area contributed by atoms with E-state index in [1.165, 1.54) is 64.5 Å². The Labute approximate surface area is 119 Å². The van der Waals surface area contributed by atoms with E-state index in [9.17, 15) is 4.39 Å². The van der Waals surface area contributed by atoms with E-state index in [2.05, 4.69) is 24.1 Å². The molecule has 1 saturated heterocycles. The summed E-state index contributed by atoms with van der Waals surface area (Å²) in [6, 6.07) is 1.34. The van der Waals surface area contributed by atoms with Gasteiger partial charge in [0, 0.05) is 18.6 Å². The smallest absolute Gasteiger partial charge is 0.102 e. The van der Waals surface area contributed by atoms with Gasteiger partial charge in [0.1, 0.15) is 6.67 Å². The van der Waals surface area contributed by atoms with Crippen LogP contribution in [-0.2, 0) is 0 Å². The van der Waals surface area contributed by atoms with Crippen LogP contribution in [0.1, 0.15) is 65.2 Å². The van der Waals surface area contributed by atoms with Crippen LogP contribution in [0.5, 0.6) is 0 Å². The number of rotatable bonds is 10. The Hall–Kier alpha value is -0.150. The Kier molecular flexibility index (Phi) is 9.44. The van der Waals surface area contributed by atoms with E-state index in [-0.39, 0.29) is 6.67 Å². The van der Waals surface area contributed by atoms with Gasteiger partial charge in [-0.2, -0.15) is 0 Å². The van der Waals surface area contributed by atoms with Crippen molar-refractivity contribution in [2.45, 2.75) is 77.3 Å². The molecule has 0 unspecified atom stereocenters. The molecule has 0 aliphatic carbocycles. The summed E-state index contributed by atoms with van der Waals surface area (Å²) >= 11 is 0. The fourth-order valence-electron chi connectivity index (χ4n) is 3.12. The van der Waals surface area contributed by atoms with Crippen LogP contribution >= 0.6 is 0 Å². The standard InChI is InChI=1S/C16H33FN2/c1-3-5-7-16(8-6-4-2)19-13-9-15(10-14-19)18-12-11-17/h15-16,18H,3-14H2,1-2H3. The number of hydrogen-bond acceptors (Lipinski definition) is 2. The number of nitrogens with one attached hydrogen (secondary N) is 1. The predicted octanol–water partition coefficient (Wildman–Crippen LogP) is 3.76. The molecule has 1 N–H and O–H groups in total. The monoisotopic (exact) mass is 272 g/mol. The van der Waals surface area contributed by atoms with Gasteiger partial charge in [-0.15, -0.1) is 0 Å². The van der Waals surface area contributed by atoms with Gasteiger partial charge in [0.25, 0.3) is 0 Å². The molecule has 2 nitrogen and oxygen atoms in total. The zero-order valence-electron chi connectivity index (χ0n) is 13.0. The summed E-state index contributed by atoms with van der Waals surface area (Å²) in [7, 11) is 0. The van der Waals surface area contributed by atoms with E-state index in [1.807, 2.05) is 0 Å². The summed E-state index contributed by atoms with van der Waals surface area (Å²) in [6.45, 7) is 7.24. The van der Waals surface area contributed by atoms with Crippen LogP contribution in [-0.4, -0.2) is 43.3 Å². The van der Waals surface area contributed by atoms with Crippen molar-refractivity contribution in [1.29, 1.82) is 0 Å². The van der Waals surface area contributed by atoms with Crippen LogP contribution in [0.15, 0.2) is 0 Å². The topological polar surface area (TPSA) is 15.3 Å². The number of unbranched alkanes of at least 4 members (excludes halogenated alkanes) is 2. The summed E-state index contributed by atoms with van der Waals surface area (Å²) in [4.78, 5) is 2.69. The molecule has 1 aliphatic heterocycles. The highest BCUT2D eigenvalue weighted by Crippen LogP contribution is 2.20. The van der Waals surface area contributed by atoms with Gasteiger partial charge in [0.2, 0.25) is 0 Å². The first-order valence-corrected chi connectivity index (χ1v) is 8.35. The molecule has 3 heteroatoms. The molecule has 0 amide bonds. The maximum atomic E-state index is 12.2. The van der Waals surface area contributed by atoms with E-state index in [1.54, 1.807) is 0 Å². The molecule has 0 atom stereocenters. The van der Waals surface area contributed by atoms with Gasteiger partial charge in [-0.1, -0.05) is 39.5 Å². The molecule has 0 radical (unpaired) electrons. The fraction of sp³-hybridized carbons (Fsp3) is 1.00. The van der Waals surface area contributed by atoms with Crippen molar-refractivity contribution >= 4 is 0 Å². The highest BCUT2D eigenvalue weighted by Gasteiger charge is 2.23. The van der Waals surface area contributed by atoms with Crippen molar-refractivity contribution in [1.82, 2.24) is 10.2 Å². The van der Waals surface area contributed by atoms with Crippen molar-refractivity contribution in [3.8, 4) is 0 Å². The van der Waals surface area contributed by atoms with E-state index in [0.717, 1.165) is 6.04 Å². The second kappa shape index (κ2) is 10.6. The number of halogens is 1. The average molecular weight is 272 g/mol. The van der Waals surface area contributed by atoms with Crippen molar-refractivity contribution in [2.75, 3.05) is 26.3 Å². The quantitative estimate of drug-likeness (QED) is 0.651. The maximum absolute atomic E-state index is 12.2. The number of likely N-dealkylation sites (tertiary alicyclic amines) is 1. The Balaban J connectivity index is 2.30. The molecule has 1 aliphatic rings. The van der Waals surface area contributed by atoms with Gasteiger partial charge in [0.05, 0.1) is 0 Å². The van der Waals surface area contributed by atoms with Crippen molar-refractivity contribution < 1.29 is 4.39 Å². The van der Waals surface area contributed by atoms with Crippen LogP contribution in [0.2, 0.25) is 0 Å². The van der Waals surface area contributed by atoms with Crippen LogP contribution in [0.25, 0.3) is 0 Å². The number of piperidine rings is 1. The SMILES string of the molecule is CCCCC(CCCC)N1CCC(NCCF)CC1. The molecule has 0 aromatic rings. The van der Waals surface area contributed by atoms with Crippen molar-refractivity contribution in [3.63, 3.8) is 0 Å². The van der Waals surface area contributed by atoms with Crippen LogP contribution in [0.3, 0.4) is 0 Å². The third-order valence-corrected chi connectivity index (χ3v) is 4.36. The molecule has 1 rings (SSSR count). The molecule has 0 saturated carbocycles. The lowest BCUT2D eigenvalue weighted by Gasteiger charge is -2.38. The fourth-order valence-corrected chi connectivity index (χ4v) is 3.12. The number of nitrogens with zero attached hydrogens (tertiary/aromatic N) is 1. The summed E-state index contributed by atoms with van der Waals surface area (Å²) in [5, 5.41) is 3.32. The zero-order valence-corrected chi connectivity index (χ0v) is 13.0. The molecular weight excluding hydrogens is 239 g/mol. The van der Waals surface area contributed by atoms with Gasteiger partial charge >= 0.3 is 0 Å². The molecule has 0 aromatic heterocycles. The lowest BCUT2D eigenvalue weighted by atomic mass is 9.97.